The lowest BCUT2D eigenvalue weighted by Crippen LogP contribution is -2.21. The molecule has 1 rings (SSSR count). The van der Waals surface area contributed by atoms with E-state index in [0.717, 1.165) is 25.1 Å². The lowest BCUT2D eigenvalue weighted by atomic mass is 9.82. The van der Waals surface area contributed by atoms with Gasteiger partial charge in [-0.3, -0.25) is 0 Å². The van der Waals surface area contributed by atoms with Crippen molar-refractivity contribution >= 4 is 0 Å². The Bertz CT molecular complexity index is 351. The smallest absolute Gasteiger partial charge is 0.0754 e. The monoisotopic (exact) mass is 252 g/mol. The normalized spacial score (nSPS) is 15.7. The fourth-order valence-electron chi connectivity index (χ4n) is 2.62. The van der Waals surface area contributed by atoms with Crippen molar-refractivity contribution in [3.8, 4) is 0 Å². The molecule has 1 aromatic rings. The van der Waals surface area contributed by atoms with E-state index in [1.807, 2.05) is 10.9 Å². The first kappa shape index (κ1) is 15.2. The molecule has 2 unspecified atom stereocenters. The van der Waals surface area contributed by atoms with Crippen molar-refractivity contribution in [3.63, 3.8) is 0 Å². The molecule has 0 aromatic carbocycles. The highest BCUT2D eigenvalue weighted by molar-refractivity contribution is 5.01. The molecule has 0 saturated carbocycles. The molecular weight excluding hydrogens is 224 g/mol. The maximum atomic E-state index is 6.29. The highest BCUT2D eigenvalue weighted by Crippen LogP contribution is 2.29. The summed E-state index contributed by atoms with van der Waals surface area (Å²) in [5.41, 5.74) is 7.72. The minimum atomic E-state index is 0.0453. The SMILES string of the molecule is CCCn1nncc1C(N)CC(C)CC(C)(C)C. The minimum absolute atomic E-state index is 0.0453. The van der Waals surface area contributed by atoms with E-state index >= 15 is 0 Å². The van der Waals surface area contributed by atoms with Crippen LogP contribution in [0.1, 0.15) is 65.6 Å². The average Bonchev–Trinajstić information content (AvgIpc) is 2.63. The molecule has 1 aromatic heterocycles. The van der Waals surface area contributed by atoms with Gasteiger partial charge in [-0.1, -0.05) is 39.8 Å². The first-order chi connectivity index (χ1) is 8.33. The molecule has 18 heavy (non-hydrogen) atoms. The number of nitrogens with two attached hydrogens (primary N) is 1. The first-order valence-corrected chi connectivity index (χ1v) is 6.97. The Kier molecular flexibility index (Phi) is 5.32. The van der Waals surface area contributed by atoms with E-state index < -0.39 is 0 Å². The predicted molar refractivity (Wildman–Crippen MR) is 75.1 cm³/mol. The largest absolute Gasteiger partial charge is 0.323 e. The molecule has 0 radical (unpaired) electrons. The second-order valence-corrected chi connectivity index (χ2v) is 6.59. The molecule has 1 heterocycles. The van der Waals surface area contributed by atoms with Gasteiger partial charge in [-0.15, -0.1) is 5.10 Å². The molecule has 4 heteroatoms. The molecular formula is C14H28N4. The zero-order valence-corrected chi connectivity index (χ0v) is 12.5. The molecule has 4 nitrogen and oxygen atoms in total. The number of hydrogen-bond donors (Lipinski definition) is 1. The van der Waals surface area contributed by atoms with Crippen LogP contribution in [0.5, 0.6) is 0 Å². The quantitative estimate of drug-likeness (QED) is 0.846. The Hall–Kier alpha value is -0.900. The van der Waals surface area contributed by atoms with E-state index in [9.17, 15) is 0 Å². The minimum Gasteiger partial charge on any atom is -0.323 e. The molecule has 0 aliphatic heterocycles. The van der Waals surface area contributed by atoms with E-state index in [4.69, 9.17) is 5.73 Å². The lowest BCUT2D eigenvalue weighted by molar-refractivity contribution is 0.283. The van der Waals surface area contributed by atoms with Gasteiger partial charge in [0.05, 0.1) is 11.9 Å². The summed E-state index contributed by atoms with van der Waals surface area (Å²) < 4.78 is 1.94. The van der Waals surface area contributed by atoms with Gasteiger partial charge in [0.25, 0.3) is 0 Å². The number of aryl methyl sites for hydroxylation is 1. The van der Waals surface area contributed by atoms with Crippen molar-refractivity contribution < 1.29 is 0 Å². The summed E-state index contributed by atoms with van der Waals surface area (Å²) in [6.07, 6.45) is 5.05. The highest BCUT2D eigenvalue weighted by Gasteiger charge is 2.20. The summed E-state index contributed by atoms with van der Waals surface area (Å²) >= 11 is 0. The molecule has 0 spiro atoms. The topological polar surface area (TPSA) is 56.7 Å². The average molecular weight is 252 g/mol. The van der Waals surface area contributed by atoms with Crippen molar-refractivity contribution in [3.05, 3.63) is 11.9 Å². The maximum absolute atomic E-state index is 6.29. The van der Waals surface area contributed by atoms with Crippen LogP contribution in [0.15, 0.2) is 6.20 Å². The standard InChI is InChI=1S/C14H28N4/c1-6-7-18-13(10-16-17-18)12(15)8-11(2)9-14(3,4)5/h10-12H,6-9,15H2,1-5H3. The zero-order valence-electron chi connectivity index (χ0n) is 12.5. The second kappa shape index (κ2) is 6.32. The molecule has 0 aliphatic carbocycles. The van der Waals surface area contributed by atoms with Crippen LogP contribution in [0.25, 0.3) is 0 Å². The van der Waals surface area contributed by atoms with Gasteiger partial charge in [-0.25, -0.2) is 4.68 Å². The van der Waals surface area contributed by atoms with Gasteiger partial charge in [0.15, 0.2) is 0 Å². The Morgan fingerprint density at radius 3 is 2.61 bits per heavy atom. The number of hydrogen-bond acceptors (Lipinski definition) is 3. The van der Waals surface area contributed by atoms with Crippen LogP contribution >= 0.6 is 0 Å². The molecule has 2 N–H and O–H groups in total. The Labute approximate surface area is 111 Å². The molecule has 0 saturated heterocycles. The Morgan fingerprint density at radius 2 is 2.06 bits per heavy atom. The van der Waals surface area contributed by atoms with Gasteiger partial charge in [0.2, 0.25) is 0 Å². The van der Waals surface area contributed by atoms with Crippen molar-refractivity contribution in [2.75, 3.05) is 0 Å². The van der Waals surface area contributed by atoms with E-state index in [1.54, 1.807) is 0 Å². The first-order valence-electron chi connectivity index (χ1n) is 6.97. The van der Waals surface area contributed by atoms with Crippen molar-refractivity contribution in [1.82, 2.24) is 15.0 Å². The van der Waals surface area contributed by atoms with Crippen LogP contribution in [-0.4, -0.2) is 15.0 Å². The van der Waals surface area contributed by atoms with Crippen molar-refractivity contribution in [2.45, 2.75) is 66.5 Å². The third kappa shape index (κ3) is 4.77. The van der Waals surface area contributed by atoms with Crippen LogP contribution in [0.2, 0.25) is 0 Å². The fourth-order valence-corrected chi connectivity index (χ4v) is 2.62. The fraction of sp³-hybridized carbons (Fsp3) is 0.857. The maximum Gasteiger partial charge on any atom is 0.0754 e. The van der Waals surface area contributed by atoms with Crippen LogP contribution in [0.4, 0.5) is 0 Å². The van der Waals surface area contributed by atoms with Crippen LogP contribution in [0, 0.1) is 11.3 Å². The van der Waals surface area contributed by atoms with Crippen LogP contribution < -0.4 is 5.73 Å². The summed E-state index contributed by atoms with van der Waals surface area (Å²) in [6.45, 7) is 12.1. The van der Waals surface area contributed by atoms with Gasteiger partial charge in [-0.05, 0) is 30.6 Å². The summed E-state index contributed by atoms with van der Waals surface area (Å²) in [7, 11) is 0. The van der Waals surface area contributed by atoms with Gasteiger partial charge in [0.1, 0.15) is 0 Å². The Balaban J connectivity index is 2.59. The molecule has 0 bridgehead atoms. The molecule has 0 amide bonds. The number of rotatable bonds is 6. The van der Waals surface area contributed by atoms with Crippen LogP contribution in [-0.2, 0) is 6.54 Å². The number of aromatic nitrogens is 3. The van der Waals surface area contributed by atoms with E-state index in [-0.39, 0.29) is 6.04 Å². The van der Waals surface area contributed by atoms with E-state index in [2.05, 4.69) is 44.9 Å². The number of nitrogens with zero attached hydrogens (tertiary/aromatic N) is 3. The van der Waals surface area contributed by atoms with Crippen molar-refractivity contribution in [1.29, 1.82) is 0 Å². The van der Waals surface area contributed by atoms with E-state index in [1.165, 1.54) is 6.42 Å². The molecule has 0 aliphatic rings. The van der Waals surface area contributed by atoms with Crippen LogP contribution in [0.3, 0.4) is 0 Å². The third-order valence-corrected chi connectivity index (χ3v) is 3.08. The highest BCUT2D eigenvalue weighted by atomic mass is 15.4. The van der Waals surface area contributed by atoms with Gasteiger partial charge < -0.3 is 5.73 Å². The zero-order chi connectivity index (χ0) is 13.8. The van der Waals surface area contributed by atoms with Gasteiger partial charge >= 0.3 is 0 Å². The van der Waals surface area contributed by atoms with Crippen molar-refractivity contribution in [2.24, 2.45) is 17.1 Å². The second-order valence-electron chi connectivity index (χ2n) is 6.59. The summed E-state index contributed by atoms with van der Waals surface area (Å²) in [5.74, 6) is 0.616. The predicted octanol–water partition coefficient (Wildman–Crippen LogP) is 3.15. The molecule has 104 valence electrons. The summed E-state index contributed by atoms with van der Waals surface area (Å²) in [5, 5.41) is 8.07. The lowest BCUT2D eigenvalue weighted by Gasteiger charge is -2.25. The summed E-state index contributed by atoms with van der Waals surface area (Å²) in [6, 6.07) is 0.0453. The third-order valence-electron chi connectivity index (χ3n) is 3.08. The molecule has 2 atom stereocenters. The Morgan fingerprint density at radius 1 is 1.39 bits per heavy atom. The van der Waals surface area contributed by atoms with Gasteiger partial charge in [0, 0.05) is 12.6 Å². The van der Waals surface area contributed by atoms with Gasteiger partial charge in [-0.2, -0.15) is 0 Å². The van der Waals surface area contributed by atoms with E-state index in [0.29, 0.717) is 11.3 Å². The summed E-state index contributed by atoms with van der Waals surface area (Å²) in [4.78, 5) is 0. The molecule has 0 fully saturated rings.